The van der Waals surface area contributed by atoms with Crippen LogP contribution in [0.5, 0.6) is 5.75 Å². The van der Waals surface area contributed by atoms with Crippen molar-refractivity contribution in [2.75, 3.05) is 0 Å². The van der Waals surface area contributed by atoms with E-state index in [0.717, 1.165) is 17.7 Å². The maximum Gasteiger partial charge on any atom is 0.322 e. The zero-order valence-electron chi connectivity index (χ0n) is 22.8. The molecule has 0 spiro atoms. The molecule has 5 aromatic carbocycles. The lowest BCUT2D eigenvalue weighted by Crippen LogP contribution is -2.36. The van der Waals surface area contributed by atoms with Crippen LogP contribution in [0.15, 0.2) is 121 Å². The average Bonchev–Trinajstić information content (AvgIpc) is 3.19. The molecule has 4 heteroatoms. The van der Waals surface area contributed by atoms with Gasteiger partial charge in [0.2, 0.25) is 0 Å². The van der Waals surface area contributed by atoms with Crippen molar-refractivity contribution in [3.63, 3.8) is 0 Å². The minimum Gasteiger partial charge on any atom is -0.435 e. The van der Waals surface area contributed by atoms with Gasteiger partial charge in [0, 0.05) is 23.2 Å². The Morgan fingerprint density at radius 3 is 2.05 bits per heavy atom. The molecule has 0 N–H and O–H groups in total. The van der Waals surface area contributed by atoms with E-state index in [-0.39, 0.29) is 18.2 Å². The first-order chi connectivity index (χ1) is 19.7. The van der Waals surface area contributed by atoms with Gasteiger partial charge in [-0.05, 0) is 58.7 Å². The highest BCUT2D eigenvalue weighted by Gasteiger charge is 2.40. The van der Waals surface area contributed by atoms with Crippen molar-refractivity contribution >= 4 is 30.9 Å². The van der Waals surface area contributed by atoms with Gasteiger partial charge >= 0.3 is 8.53 Å². The zero-order valence-corrected chi connectivity index (χ0v) is 23.7. The number of benzene rings is 5. The van der Waals surface area contributed by atoms with Crippen LogP contribution in [0.2, 0.25) is 0 Å². The van der Waals surface area contributed by atoms with E-state index < -0.39 is 8.53 Å². The quantitative estimate of drug-likeness (QED) is 0.210. The molecule has 0 aromatic heterocycles. The van der Waals surface area contributed by atoms with E-state index in [2.05, 4.69) is 146 Å². The second kappa shape index (κ2) is 10.7. The number of hydrogen-bond acceptors (Lipinski definition) is 3. The third-order valence-corrected chi connectivity index (χ3v) is 10.1. The largest absolute Gasteiger partial charge is 0.435 e. The molecule has 1 heterocycles. The summed E-state index contributed by atoms with van der Waals surface area (Å²) in [5.74, 6) is 0.893. The Kier molecular flexibility index (Phi) is 6.73. The van der Waals surface area contributed by atoms with Crippen molar-refractivity contribution in [1.29, 1.82) is 0 Å². The van der Waals surface area contributed by atoms with E-state index in [1.807, 2.05) is 0 Å². The van der Waals surface area contributed by atoms with Gasteiger partial charge in [0.25, 0.3) is 0 Å². The molecule has 0 saturated carbocycles. The van der Waals surface area contributed by atoms with Crippen LogP contribution in [0.4, 0.5) is 0 Å². The molecule has 0 amide bonds. The topological polar surface area (TPSA) is 21.7 Å². The van der Waals surface area contributed by atoms with Crippen molar-refractivity contribution in [3.05, 3.63) is 148 Å². The number of fused-ring (bicyclic) bond motifs is 6. The summed E-state index contributed by atoms with van der Waals surface area (Å²) in [6.07, 6.45) is 3.02. The minimum atomic E-state index is -1.47. The molecule has 1 unspecified atom stereocenters. The Morgan fingerprint density at radius 1 is 0.700 bits per heavy atom. The predicted molar refractivity (Wildman–Crippen MR) is 165 cm³/mol. The Bertz CT molecular complexity index is 1740. The molecule has 0 fully saturated rings. The van der Waals surface area contributed by atoms with Gasteiger partial charge < -0.3 is 9.05 Å². The molecule has 2 aliphatic rings. The highest BCUT2D eigenvalue weighted by Crippen LogP contribution is 2.58. The van der Waals surface area contributed by atoms with Crippen LogP contribution in [-0.2, 0) is 4.52 Å². The summed E-state index contributed by atoms with van der Waals surface area (Å²) in [6.45, 7) is 4.53. The second-order valence-electron chi connectivity index (χ2n) is 10.6. The lowest BCUT2D eigenvalue weighted by molar-refractivity contribution is 0.187. The summed E-state index contributed by atoms with van der Waals surface area (Å²) < 4.78 is 16.7. The molecule has 0 saturated heterocycles. The standard InChI is InChI=1S/C36H32NO2P/c1-25(27-13-5-3-6-14-27)37(26(2)28-15-7-4-8-16-28)40-38-33-23-21-29-17-9-11-19-31(29)35(33)36-32-20-12-10-18-30(32)22-24-34(36)39-40/h3-23,25-26,34H,24H2,1-2H3/t25-,26-,34+,40?/m1/s1. The van der Waals surface area contributed by atoms with Crippen LogP contribution in [0.3, 0.4) is 0 Å². The molecular weight excluding hydrogens is 509 g/mol. The first-order valence-electron chi connectivity index (χ1n) is 14.0. The lowest BCUT2D eigenvalue weighted by Gasteiger charge is -2.39. The van der Waals surface area contributed by atoms with Crippen molar-refractivity contribution in [1.82, 2.24) is 4.67 Å². The van der Waals surface area contributed by atoms with Gasteiger partial charge in [0.05, 0.1) is 6.10 Å². The molecule has 3 nitrogen and oxygen atoms in total. The summed E-state index contributed by atoms with van der Waals surface area (Å²) in [4.78, 5) is 0. The molecule has 1 aliphatic carbocycles. The van der Waals surface area contributed by atoms with E-state index in [1.54, 1.807) is 0 Å². The van der Waals surface area contributed by atoms with Gasteiger partial charge in [-0.15, -0.1) is 0 Å². The Labute approximate surface area is 237 Å². The first-order valence-corrected chi connectivity index (χ1v) is 15.2. The zero-order chi connectivity index (χ0) is 27.1. The van der Waals surface area contributed by atoms with E-state index >= 15 is 0 Å². The molecule has 0 bridgehead atoms. The highest BCUT2D eigenvalue weighted by atomic mass is 31.2. The Morgan fingerprint density at radius 2 is 1.32 bits per heavy atom. The molecule has 5 aromatic rings. The summed E-state index contributed by atoms with van der Waals surface area (Å²) in [5, 5.41) is 4.91. The Balaban J connectivity index is 1.44. The molecule has 40 heavy (non-hydrogen) atoms. The summed E-state index contributed by atoms with van der Waals surface area (Å²) >= 11 is 0. The van der Waals surface area contributed by atoms with Gasteiger partial charge in [-0.2, -0.15) is 0 Å². The van der Waals surface area contributed by atoms with E-state index in [4.69, 9.17) is 9.05 Å². The molecule has 198 valence electrons. The fourth-order valence-corrected chi connectivity index (χ4v) is 7.95. The average molecular weight is 542 g/mol. The van der Waals surface area contributed by atoms with Crippen LogP contribution in [0, 0.1) is 0 Å². The van der Waals surface area contributed by atoms with Gasteiger partial charge in [-0.25, -0.2) is 4.67 Å². The maximum absolute atomic E-state index is 7.15. The summed E-state index contributed by atoms with van der Waals surface area (Å²) in [7, 11) is -1.47. The minimum absolute atomic E-state index is 0.0767. The van der Waals surface area contributed by atoms with Crippen molar-refractivity contribution in [2.45, 2.75) is 38.5 Å². The lowest BCUT2D eigenvalue weighted by atomic mass is 9.88. The van der Waals surface area contributed by atoms with Crippen molar-refractivity contribution < 1.29 is 9.05 Å². The summed E-state index contributed by atoms with van der Waals surface area (Å²) in [6, 6.07) is 43.2. The third kappa shape index (κ3) is 4.45. The second-order valence-corrected chi connectivity index (χ2v) is 11.9. The monoisotopic (exact) mass is 541 g/mol. The highest BCUT2D eigenvalue weighted by molar-refractivity contribution is 7.45. The SMILES string of the molecule is C[C@H](c1ccccc1)N([C@H](C)c1ccccc1)P1Oc2ccc3ccccc3c2C2=c3ccccc3=CC[C@@H]2O1. The van der Waals surface area contributed by atoms with Crippen LogP contribution in [-0.4, -0.2) is 10.8 Å². The number of hydrogen-bond donors (Lipinski definition) is 0. The molecule has 0 radical (unpaired) electrons. The molecule has 7 rings (SSSR count). The van der Waals surface area contributed by atoms with Gasteiger partial charge in [0.15, 0.2) is 0 Å². The van der Waals surface area contributed by atoms with E-state index in [1.165, 1.54) is 37.9 Å². The number of rotatable bonds is 5. The van der Waals surface area contributed by atoms with Crippen molar-refractivity contribution in [3.8, 4) is 5.75 Å². The normalized spacial score (nSPS) is 19.4. The van der Waals surface area contributed by atoms with Crippen LogP contribution < -0.4 is 15.0 Å². The van der Waals surface area contributed by atoms with E-state index in [0.29, 0.717) is 0 Å². The molecule has 1 aliphatic heterocycles. The fraction of sp³-hybridized carbons (Fsp3) is 0.167. The maximum atomic E-state index is 7.15. The van der Waals surface area contributed by atoms with Crippen molar-refractivity contribution in [2.24, 2.45) is 0 Å². The third-order valence-electron chi connectivity index (χ3n) is 8.22. The summed E-state index contributed by atoms with van der Waals surface area (Å²) in [5.41, 5.74) is 4.88. The number of nitrogens with zero attached hydrogens (tertiary/aromatic N) is 1. The molecule has 4 atom stereocenters. The van der Waals surface area contributed by atoms with Crippen LogP contribution in [0.25, 0.3) is 22.4 Å². The van der Waals surface area contributed by atoms with Gasteiger partial charge in [-0.3, -0.25) is 0 Å². The Hall–Kier alpha value is -3.75. The van der Waals surface area contributed by atoms with E-state index in [9.17, 15) is 0 Å². The fourth-order valence-electron chi connectivity index (χ4n) is 6.15. The smallest absolute Gasteiger partial charge is 0.322 e. The first kappa shape index (κ1) is 25.2. The van der Waals surface area contributed by atoms with Gasteiger partial charge in [0.1, 0.15) is 5.75 Å². The van der Waals surface area contributed by atoms with Gasteiger partial charge in [-0.1, -0.05) is 121 Å². The predicted octanol–water partition coefficient (Wildman–Crippen LogP) is 8.05. The van der Waals surface area contributed by atoms with Crippen LogP contribution >= 0.6 is 8.53 Å². The van der Waals surface area contributed by atoms with Crippen LogP contribution in [0.1, 0.15) is 49.0 Å². The molecular formula is C36H32NO2P.